The standard InChI is InChI=1S/C20H17N5O/c21-10-14-4-1-2-5-16(14)12-25-9-7-17-18(13-25)23-19(24-20(17)26)15-6-3-8-22-11-15/h1-6,8,11H,7,9,12-13H2,(H,23,24,26). The zero-order chi connectivity index (χ0) is 17.9. The molecule has 0 spiro atoms. The highest BCUT2D eigenvalue weighted by Crippen LogP contribution is 2.20. The lowest BCUT2D eigenvalue weighted by Crippen LogP contribution is -2.35. The summed E-state index contributed by atoms with van der Waals surface area (Å²) in [5, 5.41) is 9.27. The topological polar surface area (TPSA) is 85.7 Å². The van der Waals surface area contributed by atoms with Gasteiger partial charge in [0.2, 0.25) is 0 Å². The molecule has 6 nitrogen and oxygen atoms in total. The van der Waals surface area contributed by atoms with Crippen molar-refractivity contribution in [3.63, 3.8) is 0 Å². The van der Waals surface area contributed by atoms with Crippen molar-refractivity contribution in [2.24, 2.45) is 0 Å². The Hall–Kier alpha value is -3.30. The van der Waals surface area contributed by atoms with Crippen LogP contribution in [0.25, 0.3) is 11.4 Å². The molecule has 0 atom stereocenters. The van der Waals surface area contributed by atoms with Crippen molar-refractivity contribution in [3.05, 3.63) is 81.5 Å². The molecule has 2 aromatic heterocycles. The molecule has 0 unspecified atom stereocenters. The minimum absolute atomic E-state index is 0.0778. The molecular formula is C20H17N5O. The van der Waals surface area contributed by atoms with Gasteiger partial charge < -0.3 is 4.98 Å². The second-order valence-electron chi connectivity index (χ2n) is 6.31. The van der Waals surface area contributed by atoms with Crippen molar-refractivity contribution >= 4 is 0 Å². The zero-order valence-electron chi connectivity index (χ0n) is 14.1. The van der Waals surface area contributed by atoms with Crippen LogP contribution in [0.4, 0.5) is 0 Å². The van der Waals surface area contributed by atoms with E-state index in [-0.39, 0.29) is 5.56 Å². The Labute approximate surface area is 150 Å². The summed E-state index contributed by atoms with van der Waals surface area (Å²) in [6.07, 6.45) is 4.03. The first-order valence-corrected chi connectivity index (χ1v) is 8.47. The zero-order valence-corrected chi connectivity index (χ0v) is 14.1. The maximum Gasteiger partial charge on any atom is 0.254 e. The molecule has 1 aliphatic heterocycles. The minimum Gasteiger partial charge on any atom is -0.306 e. The quantitative estimate of drug-likeness (QED) is 0.788. The smallest absolute Gasteiger partial charge is 0.254 e. The van der Waals surface area contributed by atoms with E-state index in [4.69, 9.17) is 0 Å². The van der Waals surface area contributed by atoms with Crippen LogP contribution in [-0.2, 0) is 19.5 Å². The molecule has 1 aromatic carbocycles. The molecule has 1 N–H and O–H groups in total. The number of hydrogen-bond acceptors (Lipinski definition) is 5. The highest BCUT2D eigenvalue weighted by Gasteiger charge is 2.22. The molecular weight excluding hydrogens is 326 g/mol. The number of pyridine rings is 1. The Morgan fingerprint density at radius 2 is 2.12 bits per heavy atom. The van der Waals surface area contributed by atoms with Crippen LogP contribution in [0.15, 0.2) is 53.6 Å². The minimum atomic E-state index is -0.0778. The first-order valence-electron chi connectivity index (χ1n) is 8.47. The first kappa shape index (κ1) is 16.2. The van der Waals surface area contributed by atoms with Crippen molar-refractivity contribution in [1.82, 2.24) is 19.9 Å². The number of fused-ring (bicyclic) bond motifs is 1. The van der Waals surface area contributed by atoms with E-state index in [9.17, 15) is 10.1 Å². The average molecular weight is 343 g/mol. The number of benzene rings is 1. The van der Waals surface area contributed by atoms with Crippen LogP contribution in [0.5, 0.6) is 0 Å². The predicted octanol–water partition coefficient (Wildman–Crippen LogP) is 2.26. The molecule has 0 saturated carbocycles. The molecule has 0 aliphatic carbocycles. The highest BCUT2D eigenvalue weighted by molar-refractivity contribution is 5.53. The van der Waals surface area contributed by atoms with E-state index in [0.717, 1.165) is 28.9 Å². The van der Waals surface area contributed by atoms with Crippen LogP contribution in [-0.4, -0.2) is 26.4 Å². The molecule has 0 saturated heterocycles. The maximum atomic E-state index is 12.4. The summed E-state index contributed by atoms with van der Waals surface area (Å²) < 4.78 is 0. The first-order chi connectivity index (χ1) is 12.7. The lowest BCUT2D eigenvalue weighted by atomic mass is 10.0. The number of H-pyrrole nitrogens is 1. The summed E-state index contributed by atoms with van der Waals surface area (Å²) in [6.45, 7) is 2.02. The fourth-order valence-corrected chi connectivity index (χ4v) is 3.28. The SMILES string of the molecule is N#Cc1ccccc1CN1CCc2c(nc(-c3cccnc3)[nH]c2=O)C1. The molecule has 26 heavy (non-hydrogen) atoms. The summed E-state index contributed by atoms with van der Waals surface area (Å²) in [5.41, 5.74) is 3.95. The number of nitrogens with zero attached hydrogens (tertiary/aromatic N) is 4. The highest BCUT2D eigenvalue weighted by atomic mass is 16.1. The molecule has 3 aromatic rings. The van der Waals surface area contributed by atoms with Crippen molar-refractivity contribution in [2.75, 3.05) is 6.54 Å². The van der Waals surface area contributed by atoms with Gasteiger partial charge in [-0.1, -0.05) is 18.2 Å². The molecule has 0 fully saturated rings. The summed E-state index contributed by atoms with van der Waals surface area (Å²) in [7, 11) is 0. The summed E-state index contributed by atoms with van der Waals surface area (Å²) in [6, 6.07) is 13.6. The molecule has 4 rings (SSSR count). The van der Waals surface area contributed by atoms with Crippen molar-refractivity contribution in [1.29, 1.82) is 5.26 Å². The molecule has 3 heterocycles. The molecule has 0 amide bonds. The van der Waals surface area contributed by atoms with E-state index in [1.54, 1.807) is 12.4 Å². The summed E-state index contributed by atoms with van der Waals surface area (Å²) >= 11 is 0. The van der Waals surface area contributed by atoms with Gasteiger partial charge in [-0.2, -0.15) is 5.26 Å². The van der Waals surface area contributed by atoms with Crippen molar-refractivity contribution < 1.29 is 0 Å². The fourth-order valence-electron chi connectivity index (χ4n) is 3.28. The van der Waals surface area contributed by atoms with E-state index in [1.165, 1.54) is 0 Å². The number of hydrogen-bond donors (Lipinski definition) is 1. The third-order valence-corrected chi connectivity index (χ3v) is 4.62. The molecule has 128 valence electrons. The Bertz CT molecular complexity index is 1040. The largest absolute Gasteiger partial charge is 0.306 e. The van der Waals surface area contributed by atoms with Crippen molar-refractivity contribution in [3.8, 4) is 17.5 Å². The molecule has 6 heteroatoms. The second-order valence-corrected chi connectivity index (χ2v) is 6.31. The van der Waals surface area contributed by atoms with Crippen LogP contribution in [0.2, 0.25) is 0 Å². The van der Waals surface area contributed by atoms with Gasteiger partial charge in [-0.15, -0.1) is 0 Å². The van der Waals surface area contributed by atoms with E-state index in [0.29, 0.717) is 30.9 Å². The van der Waals surface area contributed by atoms with Gasteiger partial charge in [0.25, 0.3) is 5.56 Å². The fraction of sp³-hybridized carbons (Fsp3) is 0.200. The number of nitriles is 1. The van der Waals surface area contributed by atoms with Gasteiger partial charge in [0.15, 0.2) is 0 Å². The average Bonchev–Trinajstić information content (AvgIpc) is 2.69. The Morgan fingerprint density at radius 3 is 2.92 bits per heavy atom. The summed E-state index contributed by atoms with van der Waals surface area (Å²) in [5.74, 6) is 0.543. The van der Waals surface area contributed by atoms with Crippen LogP contribution >= 0.6 is 0 Å². The predicted molar refractivity (Wildman–Crippen MR) is 97.1 cm³/mol. The van der Waals surface area contributed by atoms with Crippen molar-refractivity contribution in [2.45, 2.75) is 19.5 Å². The third kappa shape index (κ3) is 3.13. The van der Waals surface area contributed by atoms with Gasteiger partial charge in [-0.25, -0.2) is 4.98 Å². The van der Waals surface area contributed by atoms with Gasteiger partial charge in [0.05, 0.1) is 17.3 Å². The molecule has 0 radical (unpaired) electrons. The van der Waals surface area contributed by atoms with Crippen LogP contribution in [0.1, 0.15) is 22.4 Å². The monoisotopic (exact) mass is 343 g/mol. The van der Waals surface area contributed by atoms with Crippen LogP contribution < -0.4 is 5.56 Å². The number of aromatic amines is 1. The normalized spacial score (nSPS) is 13.8. The van der Waals surface area contributed by atoms with Crippen LogP contribution in [0.3, 0.4) is 0 Å². The Morgan fingerprint density at radius 1 is 1.23 bits per heavy atom. The Balaban J connectivity index is 1.63. The Kier molecular flexibility index (Phi) is 4.30. The maximum absolute atomic E-state index is 12.4. The van der Waals surface area contributed by atoms with E-state index in [2.05, 4.69) is 25.9 Å². The van der Waals surface area contributed by atoms with Gasteiger partial charge >= 0.3 is 0 Å². The lowest BCUT2D eigenvalue weighted by molar-refractivity contribution is 0.240. The van der Waals surface area contributed by atoms with Gasteiger partial charge in [0.1, 0.15) is 5.82 Å². The second kappa shape index (κ2) is 6.90. The molecule has 1 aliphatic rings. The number of aromatic nitrogens is 3. The number of rotatable bonds is 3. The summed E-state index contributed by atoms with van der Waals surface area (Å²) in [4.78, 5) is 26.3. The third-order valence-electron chi connectivity index (χ3n) is 4.62. The number of nitrogens with one attached hydrogen (secondary N) is 1. The van der Waals surface area contributed by atoms with E-state index in [1.807, 2.05) is 36.4 Å². The van der Waals surface area contributed by atoms with Crippen LogP contribution in [0, 0.1) is 11.3 Å². The van der Waals surface area contributed by atoms with E-state index < -0.39 is 0 Å². The molecule has 0 bridgehead atoms. The van der Waals surface area contributed by atoms with Gasteiger partial charge in [-0.05, 0) is 30.2 Å². The van der Waals surface area contributed by atoms with Gasteiger partial charge in [0, 0.05) is 43.2 Å². The van der Waals surface area contributed by atoms with Gasteiger partial charge in [-0.3, -0.25) is 14.7 Å². The van der Waals surface area contributed by atoms with E-state index >= 15 is 0 Å². The lowest BCUT2D eigenvalue weighted by Gasteiger charge is -2.28.